The van der Waals surface area contributed by atoms with Crippen LogP contribution in [-0.4, -0.2) is 17.4 Å². The molecular weight excluding hydrogens is 346 g/mol. The second-order valence-electron chi connectivity index (χ2n) is 6.05. The Hall–Kier alpha value is -2.53. The molecule has 0 spiro atoms. The van der Waals surface area contributed by atoms with Gasteiger partial charge >= 0.3 is 0 Å². The van der Waals surface area contributed by atoms with Crippen molar-refractivity contribution in [3.05, 3.63) is 76.4 Å². The van der Waals surface area contributed by atoms with Gasteiger partial charge in [0.2, 0.25) is 0 Å². The van der Waals surface area contributed by atoms with Gasteiger partial charge in [-0.15, -0.1) is 11.3 Å². The van der Waals surface area contributed by atoms with E-state index in [2.05, 4.69) is 6.92 Å². The van der Waals surface area contributed by atoms with Crippen molar-refractivity contribution in [3.8, 4) is 5.75 Å². The second-order valence-corrected chi connectivity index (χ2v) is 7.08. The molecule has 0 unspecified atom stereocenters. The highest BCUT2D eigenvalue weighted by Gasteiger charge is 2.18. The van der Waals surface area contributed by atoms with E-state index in [1.165, 1.54) is 0 Å². The number of carbonyl (C=O) groups is 1. The summed E-state index contributed by atoms with van der Waals surface area (Å²) in [6.07, 6.45) is 3.75. The molecule has 136 valence electrons. The predicted octanol–water partition coefficient (Wildman–Crippen LogP) is 5.36. The summed E-state index contributed by atoms with van der Waals surface area (Å²) in [6, 6.07) is 15.1. The zero-order valence-corrected chi connectivity index (χ0v) is 15.7. The number of rotatable bonds is 9. The number of ether oxygens (including phenoxy) is 1. The average Bonchev–Trinajstić information content (AvgIpc) is 3.35. The fraction of sp³-hybridized carbons (Fsp3) is 0.286. The van der Waals surface area contributed by atoms with Crippen LogP contribution in [-0.2, 0) is 13.1 Å². The SMILES string of the molecule is CCCCOc1ccc(C(=O)N(Cc2ccco2)Cc2cccs2)cc1. The third kappa shape index (κ3) is 4.99. The molecule has 3 rings (SSSR count). The van der Waals surface area contributed by atoms with Crippen molar-refractivity contribution in [1.29, 1.82) is 0 Å². The van der Waals surface area contributed by atoms with Crippen molar-refractivity contribution < 1.29 is 13.9 Å². The van der Waals surface area contributed by atoms with Crippen LogP contribution in [0.15, 0.2) is 64.6 Å². The van der Waals surface area contributed by atoms with Crippen LogP contribution in [0.2, 0.25) is 0 Å². The number of furan rings is 1. The fourth-order valence-corrected chi connectivity index (χ4v) is 3.31. The fourth-order valence-electron chi connectivity index (χ4n) is 2.59. The molecule has 0 radical (unpaired) electrons. The van der Waals surface area contributed by atoms with E-state index in [9.17, 15) is 4.79 Å². The maximum Gasteiger partial charge on any atom is 0.254 e. The van der Waals surface area contributed by atoms with Crippen molar-refractivity contribution in [2.24, 2.45) is 0 Å². The minimum atomic E-state index is -0.0186. The molecule has 3 aromatic rings. The van der Waals surface area contributed by atoms with Gasteiger partial charge in [0.1, 0.15) is 11.5 Å². The van der Waals surface area contributed by atoms with Gasteiger partial charge in [-0.2, -0.15) is 0 Å². The zero-order chi connectivity index (χ0) is 18.2. The third-order valence-corrected chi connectivity index (χ3v) is 4.87. The van der Waals surface area contributed by atoms with E-state index < -0.39 is 0 Å². The summed E-state index contributed by atoms with van der Waals surface area (Å²) in [6.45, 7) is 3.84. The molecule has 0 aliphatic carbocycles. The Morgan fingerprint density at radius 2 is 1.96 bits per heavy atom. The summed E-state index contributed by atoms with van der Waals surface area (Å²) in [5.74, 6) is 1.55. The standard InChI is InChI=1S/C21H23NO3S/c1-2-3-12-24-18-10-8-17(9-11-18)21(23)22(15-19-6-4-13-25-19)16-20-7-5-14-26-20/h4-11,13-14H,2-3,12,15-16H2,1H3. The van der Waals surface area contributed by atoms with Crippen LogP contribution in [0, 0.1) is 0 Å². The van der Waals surface area contributed by atoms with Gasteiger partial charge in [0.15, 0.2) is 0 Å². The first-order valence-electron chi connectivity index (χ1n) is 8.83. The smallest absolute Gasteiger partial charge is 0.254 e. The molecule has 0 bridgehead atoms. The van der Waals surface area contributed by atoms with E-state index in [1.54, 1.807) is 22.5 Å². The molecule has 2 aromatic heterocycles. The second kappa shape index (κ2) is 9.25. The Morgan fingerprint density at radius 3 is 2.62 bits per heavy atom. The van der Waals surface area contributed by atoms with E-state index in [0.717, 1.165) is 29.2 Å². The van der Waals surface area contributed by atoms with Gasteiger partial charge in [0, 0.05) is 10.4 Å². The summed E-state index contributed by atoms with van der Waals surface area (Å²) in [5, 5.41) is 2.02. The number of benzene rings is 1. The average molecular weight is 369 g/mol. The van der Waals surface area contributed by atoms with E-state index in [-0.39, 0.29) is 5.91 Å². The Kier molecular flexibility index (Phi) is 6.50. The van der Waals surface area contributed by atoms with Gasteiger partial charge < -0.3 is 14.1 Å². The van der Waals surface area contributed by atoms with Crippen LogP contribution in [0.4, 0.5) is 0 Å². The number of amides is 1. The first-order valence-corrected chi connectivity index (χ1v) is 9.71. The monoisotopic (exact) mass is 369 g/mol. The van der Waals surface area contributed by atoms with Crippen molar-refractivity contribution in [3.63, 3.8) is 0 Å². The molecule has 4 nitrogen and oxygen atoms in total. The lowest BCUT2D eigenvalue weighted by Crippen LogP contribution is -2.29. The van der Waals surface area contributed by atoms with Gasteiger partial charge in [-0.3, -0.25) is 4.79 Å². The van der Waals surface area contributed by atoms with Crippen LogP contribution in [0.1, 0.15) is 40.8 Å². The molecule has 0 N–H and O–H groups in total. The number of thiophene rings is 1. The number of nitrogens with zero attached hydrogens (tertiary/aromatic N) is 1. The van der Waals surface area contributed by atoms with Crippen LogP contribution in [0.3, 0.4) is 0 Å². The molecule has 26 heavy (non-hydrogen) atoms. The van der Waals surface area contributed by atoms with Gasteiger partial charge in [0.05, 0.1) is 26.0 Å². The summed E-state index contributed by atoms with van der Waals surface area (Å²) in [4.78, 5) is 16.0. The summed E-state index contributed by atoms with van der Waals surface area (Å²) in [5.41, 5.74) is 0.649. The maximum absolute atomic E-state index is 13.0. The Bertz CT molecular complexity index is 743. The number of hydrogen-bond donors (Lipinski definition) is 0. The normalized spacial score (nSPS) is 10.7. The van der Waals surface area contributed by atoms with E-state index in [0.29, 0.717) is 25.3 Å². The van der Waals surface area contributed by atoms with E-state index in [1.807, 2.05) is 53.9 Å². The largest absolute Gasteiger partial charge is 0.494 e. The van der Waals surface area contributed by atoms with Crippen LogP contribution < -0.4 is 4.74 Å². The lowest BCUT2D eigenvalue weighted by molar-refractivity contribution is 0.0719. The van der Waals surface area contributed by atoms with E-state index in [4.69, 9.17) is 9.15 Å². The molecule has 1 aromatic carbocycles. The predicted molar refractivity (Wildman–Crippen MR) is 103 cm³/mol. The molecule has 0 saturated carbocycles. The third-order valence-electron chi connectivity index (χ3n) is 4.01. The van der Waals surface area contributed by atoms with Crippen LogP contribution in [0.5, 0.6) is 5.75 Å². The van der Waals surface area contributed by atoms with Gasteiger partial charge in [-0.1, -0.05) is 19.4 Å². The highest BCUT2D eigenvalue weighted by atomic mass is 32.1. The minimum absolute atomic E-state index is 0.0186. The first kappa shape index (κ1) is 18.3. The van der Waals surface area contributed by atoms with Gasteiger partial charge in [-0.25, -0.2) is 0 Å². The summed E-state index contributed by atoms with van der Waals surface area (Å²) >= 11 is 1.65. The summed E-state index contributed by atoms with van der Waals surface area (Å²) < 4.78 is 11.1. The molecule has 0 aliphatic rings. The molecule has 5 heteroatoms. The molecular formula is C21H23NO3S. The van der Waals surface area contributed by atoms with E-state index >= 15 is 0 Å². The van der Waals surface area contributed by atoms with Crippen molar-refractivity contribution in [1.82, 2.24) is 4.90 Å². The molecule has 0 atom stereocenters. The van der Waals surface area contributed by atoms with Crippen LogP contribution in [0.25, 0.3) is 0 Å². The van der Waals surface area contributed by atoms with Crippen molar-refractivity contribution in [2.45, 2.75) is 32.9 Å². The Labute approximate surface area is 158 Å². The minimum Gasteiger partial charge on any atom is -0.494 e. The molecule has 0 aliphatic heterocycles. The topological polar surface area (TPSA) is 42.7 Å². The molecule has 2 heterocycles. The quantitative estimate of drug-likeness (QED) is 0.477. The van der Waals surface area contributed by atoms with Crippen molar-refractivity contribution in [2.75, 3.05) is 6.61 Å². The number of unbranched alkanes of at least 4 members (excludes halogenated alkanes) is 1. The Balaban J connectivity index is 1.71. The lowest BCUT2D eigenvalue weighted by atomic mass is 10.2. The highest BCUT2D eigenvalue weighted by Crippen LogP contribution is 2.19. The van der Waals surface area contributed by atoms with Crippen molar-refractivity contribution >= 4 is 17.2 Å². The first-order chi connectivity index (χ1) is 12.8. The molecule has 0 fully saturated rings. The number of carbonyl (C=O) groups excluding carboxylic acids is 1. The maximum atomic E-state index is 13.0. The molecule has 1 amide bonds. The lowest BCUT2D eigenvalue weighted by Gasteiger charge is -2.21. The Morgan fingerprint density at radius 1 is 1.12 bits per heavy atom. The highest BCUT2D eigenvalue weighted by molar-refractivity contribution is 7.09. The van der Waals surface area contributed by atoms with Crippen LogP contribution >= 0.6 is 11.3 Å². The number of hydrogen-bond acceptors (Lipinski definition) is 4. The van der Waals surface area contributed by atoms with Gasteiger partial charge in [-0.05, 0) is 54.3 Å². The van der Waals surface area contributed by atoms with Gasteiger partial charge in [0.25, 0.3) is 5.91 Å². The zero-order valence-electron chi connectivity index (χ0n) is 14.9. The molecule has 0 saturated heterocycles. The summed E-state index contributed by atoms with van der Waals surface area (Å²) in [7, 11) is 0.